The van der Waals surface area contributed by atoms with E-state index >= 15 is 0 Å². The van der Waals surface area contributed by atoms with Crippen molar-refractivity contribution >= 4 is 23.3 Å². The highest BCUT2D eigenvalue weighted by molar-refractivity contribution is 6.12. The Balaban J connectivity index is 1.17. The van der Waals surface area contributed by atoms with Crippen molar-refractivity contribution < 1.29 is 23.9 Å². The third kappa shape index (κ3) is 9.29. The molecule has 1 fully saturated rings. The van der Waals surface area contributed by atoms with E-state index < -0.39 is 12.0 Å². The van der Waals surface area contributed by atoms with Crippen LogP contribution in [0.15, 0.2) is 109 Å². The van der Waals surface area contributed by atoms with Crippen LogP contribution in [0.5, 0.6) is 5.75 Å². The predicted molar refractivity (Wildman–Crippen MR) is 175 cm³/mol. The Morgan fingerprint density at radius 2 is 1.49 bits per heavy atom. The number of methoxy groups -OCH3 is 1. The Morgan fingerprint density at radius 1 is 0.822 bits per heavy atom. The SMILES string of the molecule is COC(=O)[C@H](Cc1ccc(OCCN(CC2CC2)C(=O)CCc2ccccc2)cc1)Nc1ccccc1C(=O)c1ccccc1. The van der Waals surface area contributed by atoms with Gasteiger partial charge in [-0.25, -0.2) is 4.79 Å². The minimum atomic E-state index is -0.704. The van der Waals surface area contributed by atoms with Crippen molar-refractivity contribution in [2.24, 2.45) is 5.92 Å². The van der Waals surface area contributed by atoms with E-state index in [-0.39, 0.29) is 11.7 Å². The molecule has 45 heavy (non-hydrogen) atoms. The van der Waals surface area contributed by atoms with Gasteiger partial charge < -0.3 is 19.7 Å². The number of nitrogens with one attached hydrogen (secondary N) is 1. The topological polar surface area (TPSA) is 84.9 Å². The van der Waals surface area contributed by atoms with Crippen molar-refractivity contribution in [3.8, 4) is 5.75 Å². The molecule has 0 aliphatic heterocycles. The molecule has 1 aliphatic rings. The van der Waals surface area contributed by atoms with Gasteiger partial charge in [0.05, 0.1) is 13.7 Å². The molecule has 1 atom stereocenters. The van der Waals surface area contributed by atoms with Crippen molar-refractivity contribution in [3.05, 3.63) is 131 Å². The first-order valence-electron chi connectivity index (χ1n) is 15.6. The number of ketones is 1. The van der Waals surface area contributed by atoms with Gasteiger partial charge in [-0.05, 0) is 60.6 Å². The van der Waals surface area contributed by atoms with Crippen LogP contribution in [0.2, 0.25) is 0 Å². The third-order valence-corrected chi connectivity index (χ3v) is 8.01. The summed E-state index contributed by atoms with van der Waals surface area (Å²) < 4.78 is 11.1. The summed E-state index contributed by atoms with van der Waals surface area (Å²) in [5, 5.41) is 3.25. The van der Waals surface area contributed by atoms with E-state index in [2.05, 4.69) is 17.4 Å². The average Bonchev–Trinajstić information content (AvgIpc) is 3.92. The van der Waals surface area contributed by atoms with Gasteiger partial charge in [-0.1, -0.05) is 84.9 Å². The van der Waals surface area contributed by atoms with E-state index in [0.717, 1.165) is 18.5 Å². The van der Waals surface area contributed by atoms with Gasteiger partial charge in [0.15, 0.2) is 5.78 Å². The lowest BCUT2D eigenvalue weighted by Crippen LogP contribution is -2.36. The van der Waals surface area contributed by atoms with Gasteiger partial charge in [0.1, 0.15) is 18.4 Å². The summed E-state index contributed by atoms with van der Waals surface area (Å²) >= 11 is 0. The smallest absolute Gasteiger partial charge is 0.328 e. The average molecular weight is 605 g/mol. The van der Waals surface area contributed by atoms with Gasteiger partial charge in [-0.3, -0.25) is 9.59 Å². The van der Waals surface area contributed by atoms with Crippen molar-refractivity contribution in [2.75, 3.05) is 32.1 Å². The van der Waals surface area contributed by atoms with Crippen molar-refractivity contribution in [3.63, 3.8) is 0 Å². The minimum Gasteiger partial charge on any atom is -0.492 e. The molecule has 7 nitrogen and oxygen atoms in total. The normalized spacial score (nSPS) is 13.0. The first-order valence-corrected chi connectivity index (χ1v) is 15.6. The zero-order valence-electron chi connectivity index (χ0n) is 25.7. The quantitative estimate of drug-likeness (QED) is 0.118. The van der Waals surface area contributed by atoms with E-state index in [1.54, 1.807) is 30.3 Å². The number of anilines is 1. The van der Waals surface area contributed by atoms with Gasteiger partial charge in [-0.2, -0.15) is 0 Å². The first kappa shape index (κ1) is 31.5. The van der Waals surface area contributed by atoms with Crippen LogP contribution in [0.4, 0.5) is 5.69 Å². The van der Waals surface area contributed by atoms with Gasteiger partial charge in [0, 0.05) is 36.2 Å². The molecular weight excluding hydrogens is 564 g/mol. The van der Waals surface area contributed by atoms with E-state index in [0.29, 0.717) is 54.5 Å². The number of rotatable bonds is 16. The molecule has 0 saturated heterocycles. The Bertz CT molecular complexity index is 1550. The number of aryl methyl sites for hydroxylation is 1. The van der Waals surface area contributed by atoms with Crippen LogP contribution >= 0.6 is 0 Å². The Kier molecular flexibility index (Phi) is 11.0. The number of esters is 1. The molecule has 0 spiro atoms. The number of amides is 1. The summed E-state index contributed by atoms with van der Waals surface area (Å²) in [4.78, 5) is 41.0. The van der Waals surface area contributed by atoms with Crippen LogP contribution in [0, 0.1) is 5.92 Å². The van der Waals surface area contributed by atoms with E-state index in [1.807, 2.05) is 71.6 Å². The molecule has 0 aromatic heterocycles. The van der Waals surface area contributed by atoms with E-state index in [1.165, 1.54) is 25.5 Å². The van der Waals surface area contributed by atoms with Gasteiger partial charge in [0.2, 0.25) is 5.91 Å². The summed E-state index contributed by atoms with van der Waals surface area (Å²) in [6.07, 6.45) is 3.94. The molecule has 7 heteroatoms. The van der Waals surface area contributed by atoms with Crippen molar-refractivity contribution in [1.82, 2.24) is 4.90 Å². The maximum atomic E-state index is 13.2. The molecule has 0 bridgehead atoms. The minimum absolute atomic E-state index is 0.127. The van der Waals surface area contributed by atoms with Crippen LogP contribution < -0.4 is 10.1 Å². The monoisotopic (exact) mass is 604 g/mol. The molecule has 1 aliphatic carbocycles. The number of para-hydroxylation sites is 1. The number of carbonyl (C=O) groups excluding carboxylic acids is 3. The molecule has 5 rings (SSSR count). The summed E-state index contributed by atoms with van der Waals surface area (Å²) in [7, 11) is 1.36. The first-order chi connectivity index (χ1) is 22.0. The molecule has 4 aromatic rings. The van der Waals surface area contributed by atoms with Crippen LogP contribution in [-0.2, 0) is 27.2 Å². The lowest BCUT2D eigenvalue weighted by Gasteiger charge is -2.23. The summed E-state index contributed by atoms with van der Waals surface area (Å²) in [6, 6.07) is 33.2. The zero-order valence-corrected chi connectivity index (χ0v) is 25.7. The Hall–Kier alpha value is -4.91. The second-order valence-electron chi connectivity index (χ2n) is 11.4. The standard InChI is InChI=1S/C38H40N2O5/c1-44-38(43)35(39-34-15-9-8-14-33(34)37(42)31-12-6-3-7-13-31)26-29-18-21-32(22-19-29)45-25-24-40(27-30-16-17-30)36(41)23-20-28-10-4-2-5-11-28/h2-15,18-19,21-22,30,35,39H,16-17,20,23-27H2,1H3/t35-/m0/s1. The van der Waals surface area contributed by atoms with E-state index in [4.69, 9.17) is 9.47 Å². The molecule has 0 unspecified atom stereocenters. The number of nitrogens with zero attached hydrogens (tertiary/aromatic N) is 1. The highest BCUT2D eigenvalue weighted by atomic mass is 16.5. The molecule has 0 heterocycles. The maximum Gasteiger partial charge on any atom is 0.328 e. The summed E-state index contributed by atoms with van der Waals surface area (Å²) in [5.41, 5.74) is 3.70. The van der Waals surface area contributed by atoms with E-state index in [9.17, 15) is 14.4 Å². The third-order valence-electron chi connectivity index (χ3n) is 8.01. The molecule has 0 radical (unpaired) electrons. The number of hydrogen-bond acceptors (Lipinski definition) is 6. The maximum absolute atomic E-state index is 13.2. The van der Waals surface area contributed by atoms with Crippen LogP contribution in [-0.4, -0.2) is 55.4 Å². The van der Waals surface area contributed by atoms with Crippen LogP contribution in [0.1, 0.15) is 46.3 Å². The summed E-state index contributed by atoms with van der Waals surface area (Å²) in [5.74, 6) is 0.911. The van der Waals surface area contributed by atoms with Crippen molar-refractivity contribution in [1.29, 1.82) is 0 Å². The number of benzene rings is 4. The van der Waals surface area contributed by atoms with Crippen LogP contribution in [0.3, 0.4) is 0 Å². The number of carbonyl (C=O) groups is 3. The molecule has 4 aromatic carbocycles. The largest absolute Gasteiger partial charge is 0.492 e. The van der Waals surface area contributed by atoms with Crippen LogP contribution in [0.25, 0.3) is 0 Å². The highest BCUT2D eigenvalue weighted by Crippen LogP contribution is 2.30. The predicted octanol–water partition coefficient (Wildman–Crippen LogP) is 6.36. The fourth-order valence-electron chi connectivity index (χ4n) is 5.29. The highest BCUT2D eigenvalue weighted by Gasteiger charge is 2.27. The fraction of sp³-hybridized carbons (Fsp3) is 0.289. The second kappa shape index (κ2) is 15.7. The zero-order chi connectivity index (χ0) is 31.4. The fourth-order valence-corrected chi connectivity index (χ4v) is 5.29. The molecular formula is C38H40N2O5. The molecule has 1 saturated carbocycles. The second-order valence-corrected chi connectivity index (χ2v) is 11.4. The number of hydrogen-bond donors (Lipinski definition) is 1. The lowest BCUT2D eigenvalue weighted by molar-refractivity contribution is -0.141. The molecule has 232 valence electrons. The van der Waals surface area contributed by atoms with Gasteiger partial charge in [-0.15, -0.1) is 0 Å². The van der Waals surface area contributed by atoms with Crippen molar-refractivity contribution in [2.45, 2.75) is 38.1 Å². The van der Waals surface area contributed by atoms with Gasteiger partial charge >= 0.3 is 5.97 Å². The summed E-state index contributed by atoms with van der Waals surface area (Å²) in [6.45, 7) is 1.74. The van der Waals surface area contributed by atoms with Gasteiger partial charge in [0.25, 0.3) is 0 Å². The molecule has 1 amide bonds. The Morgan fingerprint density at radius 3 is 2.18 bits per heavy atom. The number of ether oxygens (including phenoxy) is 2. The Labute approximate surface area is 265 Å². The lowest BCUT2D eigenvalue weighted by atomic mass is 10.00. The molecule has 1 N–H and O–H groups in total.